The van der Waals surface area contributed by atoms with Crippen molar-refractivity contribution in [2.24, 2.45) is 11.8 Å². The maximum atomic E-state index is 12.7. The van der Waals surface area contributed by atoms with Crippen LogP contribution >= 0.6 is 0 Å². The number of benzene rings is 1. The third kappa shape index (κ3) is 3.10. The summed E-state index contributed by atoms with van der Waals surface area (Å²) in [6, 6.07) is 4.40. The molecule has 25 heavy (non-hydrogen) atoms. The van der Waals surface area contributed by atoms with Gasteiger partial charge in [-0.15, -0.1) is 13.2 Å². The number of fused-ring (bicyclic) bond motifs is 3. The zero-order chi connectivity index (χ0) is 17.8. The van der Waals surface area contributed by atoms with E-state index in [9.17, 15) is 18.0 Å². The highest BCUT2D eigenvalue weighted by atomic mass is 19.4. The molecule has 0 amide bonds. The van der Waals surface area contributed by atoms with Gasteiger partial charge in [-0.1, -0.05) is 0 Å². The van der Waals surface area contributed by atoms with Crippen LogP contribution in [0.5, 0.6) is 5.75 Å². The SMILES string of the molecule is CN1C[C@@H]2C[C@H]1C[C@@H]2CC(=O)c1n[nH]c2ccc(OC(F)(F)F)cc12. The number of carbonyl (C=O) groups excluding carboxylic acids is 1. The van der Waals surface area contributed by atoms with Crippen molar-refractivity contribution in [1.82, 2.24) is 15.1 Å². The van der Waals surface area contributed by atoms with E-state index >= 15 is 0 Å². The number of nitrogens with zero attached hydrogens (tertiary/aromatic N) is 2. The molecule has 2 bridgehead atoms. The summed E-state index contributed by atoms with van der Waals surface area (Å²) in [4.78, 5) is 15.0. The van der Waals surface area contributed by atoms with Gasteiger partial charge in [-0.2, -0.15) is 5.10 Å². The predicted octanol–water partition coefficient (Wildman–Crippen LogP) is 3.37. The Labute approximate surface area is 142 Å². The largest absolute Gasteiger partial charge is 0.573 e. The lowest BCUT2D eigenvalue weighted by atomic mass is 9.89. The van der Waals surface area contributed by atoms with Gasteiger partial charge < -0.3 is 9.64 Å². The summed E-state index contributed by atoms with van der Waals surface area (Å²) in [5.74, 6) is 0.371. The highest BCUT2D eigenvalue weighted by Gasteiger charge is 2.43. The number of likely N-dealkylation sites (tertiary alicyclic amines) is 1. The van der Waals surface area contributed by atoms with Gasteiger partial charge in [0.25, 0.3) is 0 Å². The fraction of sp³-hybridized carbons (Fsp3) is 0.529. The number of ketones is 1. The van der Waals surface area contributed by atoms with Crippen LogP contribution in [0.15, 0.2) is 18.2 Å². The number of ether oxygens (including phenoxy) is 1. The molecule has 8 heteroatoms. The molecule has 0 radical (unpaired) electrons. The summed E-state index contributed by atoms with van der Waals surface area (Å²) in [5, 5.41) is 7.11. The average Bonchev–Trinajstić information content (AvgIpc) is 3.18. The Morgan fingerprint density at radius 2 is 2.20 bits per heavy atom. The van der Waals surface area contributed by atoms with Crippen LogP contribution in [0.1, 0.15) is 29.8 Å². The highest BCUT2D eigenvalue weighted by molar-refractivity contribution is 6.06. The van der Waals surface area contributed by atoms with Gasteiger partial charge in [0, 0.05) is 24.4 Å². The van der Waals surface area contributed by atoms with Crippen LogP contribution in [-0.4, -0.2) is 46.9 Å². The van der Waals surface area contributed by atoms with E-state index in [0.29, 0.717) is 35.2 Å². The molecule has 2 fully saturated rings. The summed E-state index contributed by atoms with van der Waals surface area (Å²) in [5.41, 5.74) is 0.712. The van der Waals surface area contributed by atoms with Crippen molar-refractivity contribution in [2.45, 2.75) is 31.7 Å². The number of aromatic nitrogens is 2. The Morgan fingerprint density at radius 3 is 2.84 bits per heavy atom. The second-order valence-corrected chi connectivity index (χ2v) is 7.04. The molecule has 1 N–H and O–H groups in total. The van der Waals surface area contributed by atoms with Gasteiger partial charge in [0.15, 0.2) is 5.78 Å². The van der Waals surface area contributed by atoms with E-state index in [1.807, 2.05) is 0 Å². The molecule has 4 rings (SSSR count). The molecular formula is C17H18F3N3O2. The van der Waals surface area contributed by atoms with Crippen LogP contribution in [0.3, 0.4) is 0 Å². The molecule has 3 atom stereocenters. The van der Waals surface area contributed by atoms with Crippen LogP contribution in [0.25, 0.3) is 10.9 Å². The monoisotopic (exact) mass is 353 g/mol. The summed E-state index contributed by atoms with van der Waals surface area (Å²) < 4.78 is 41.1. The molecule has 0 spiro atoms. The smallest absolute Gasteiger partial charge is 0.406 e. The first kappa shape index (κ1) is 16.4. The molecule has 0 unspecified atom stereocenters. The Morgan fingerprint density at radius 1 is 1.40 bits per heavy atom. The number of hydrogen-bond donors (Lipinski definition) is 1. The molecule has 1 aromatic heterocycles. The minimum absolute atomic E-state index is 0.129. The molecule has 1 aliphatic carbocycles. The zero-order valence-electron chi connectivity index (χ0n) is 13.6. The number of Topliss-reactive ketones (excluding diaryl/α,β-unsaturated/α-hetero) is 1. The summed E-state index contributed by atoms with van der Waals surface area (Å²) >= 11 is 0. The summed E-state index contributed by atoms with van der Waals surface area (Å²) in [6.07, 6.45) is -2.26. The molecule has 2 aromatic rings. The van der Waals surface area contributed by atoms with E-state index in [-0.39, 0.29) is 17.2 Å². The summed E-state index contributed by atoms with van der Waals surface area (Å²) in [6.45, 7) is 1.01. The van der Waals surface area contributed by atoms with Gasteiger partial charge in [0.1, 0.15) is 11.4 Å². The van der Waals surface area contributed by atoms with Gasteiger partial charge in [0.2, 0.25) is 0 Å². The highest BCUT2D eigenvalue weighted by Crippen LogP contribution is 2.43. The number of alkyl halides is 3. The minimum atomic E-state index is -4.77. The zero-order valence-corrected chi connectivity index (χ0v) is 13.6. The quantitative estimate of drug-likeness (QED) is 0.856. The molecule has 1 aliphatic heterocycles. The molecule has 5 nitrogen and oxygen atoms in total. The molecule has 2 heterocycles. The molecule has 1 aromatic carbocycles. The number of H-pyrrole nitrogens is 1. The average molecular weight is 353 g/mol. The van der Waals surface area contributed by atoms with Gasteiger partial charge >= 0.3 is 6.36 Å². The van der Waals surface area contributed by atoms with Crippen LogP contribution in [-0.2, 0) is 0 Å². The van der Waals surface area contributed by atoms with E-state index in [4.69, 9.17) is 0 Å². The number of aromatic amines is 1. The molecule has 1 saturated heterocycles. The number of piperidine rings is 1. The van der Waals surface area contributed by atoms with Crippen LogP contribution in [0.2, 0.25) is 0 Å². The van der Waals surface area contributed by atoms with Crippen LogP contribution < -0.4 is 4.74 Å². The fourth-order valence-corrected chi connectivity index (χ4v) is 4.27. The Hall–Kier alpha value is -2.09. The number of halogens is 3. The first-order valence-electron chi connectivity index (χ1n) is 8.27. The first-order valence-corrected chi connectivity index (χ1v) is 8.27. The third-order valence-electron chi connectivity index (χ3n) is 5.44. The van der Waals surface area contributed by atoms with Crippen LogP contribution in [0.4, 0.5) is 13.2 Å². The number of hydrogen-bond acceptors (Lipinski definition) is 4. The molecule has 1 saturated carbocycles. The van der Waals surface area contributed by atoms with Crippen molar-refractivity contribution in [2.75, 3.05) is 13.6 Å². The Balaban J connectivity index is 1.54. The number of rotatable bonds is 4. The number of carbonyl (C=O) groups is 1. The predicted molar refractivity (Wildman–Crippen MR) is 84.4 cm³/mol. The second-order valence-electron chi connectivity index (χ2n) is 7.04. The van der Waals surface area contributed by atoms with E-state index in [1.54, 1.807) is 0 Å². The second kappa shape index (κ2) is 5.72. The van der Waals surface area contributed by atoms with Crippen molar-refractivity contribution < 1.29 is 22.7 Å². The standard InChI is InChI=1S/C17H18F3N3O2/c1-23-8-10-5-11(23)4-9(10)6-15(24)16-13-7-12(25-17(18,19)20)2-3-14(13)21-22-16/h2-3,7,9-11H,4-6,8H2,1H3,(H,21,22)/t9-,10+,11-/m1/s1. The third-order valence-corrected chi connectivity index (χ3v) is 5.44. The van der Waals surface area contributed by atoms with Crippen LogP contribution in [0, 0.1) is 11.8 Å². The van der Waals surface area contributed by atoms with Gasteiger partial charge in [-0.05, 0) is 49.9 Å². The van der Waals surface area contributed by atoms with E-state index in [2.05, 4.69) is 26.9 Å². The van der Waals surface area contributed by atoms with Crippen molar-refractivity contribution in [1.29, 1.82) is 0 Å². The van der Waals surface area contributed by atoms with Gasteiger partial charge in [0.05, 0.1) is 5.52 Å². The first-order chi connectivity index (χ1) is 11.8. The summed E-state index contributed by atoms with van der Waals surface area (Å²) in [7, 11) is 2.10. The normalized spacial score (nSPS) is 26.5. The van der Waals surface area contributed by atoms with E-state index in [1.165, 1.54) is 18.2 Å². The lowest BCUT2D eigenvalue weighted by molar-refractivity contribution is -0.274. The van der Waals surface area contributed by atoms with Gasteiger partial charge in [-0.25, -0.2) is 0 Å². The molecule has 134 valence electrons. The van der Waals surface area contributed by atoms with Crippen molar-refractivity contribution in [3.8, 4) is 5.75 Å². The number of nitrogens with one attached hydrogen (secondary N) is 1. The van der Waals surface area contributed by atoms with E-state index in [0.717, 1.165) is 19.4 Å². The topological polar surface area (TPSA) is 58.2 Å². The Kier molecular flexibility index (Phi) is 3.75. The lowest BCUT2D eigenvalue weighted by Gasteiger charge is -2.27. The Bertz CT molecular complexity index is 815. The van der Waals surface area contributed by atoms with Crippen molar-refractivity contribution >= 4 is 16.7 Å². The molecule has 2 aliphatic rings. The maximum absolute atomic E-state index is 12.7. The van der Waals surface area contributed by atoms with Crippen molar-refractivity contribution in [3.63, 3.8) is 0 Å². The molecular weight excluding hydrogens is 335 g/mol. The fourth-order valence-electron chi connectivity index (χ4n) is 4.27. The lowest BCUT2D eigenvalue weighted by Crippen LogP contribution is -2.32. The van der Waals surface area contributed by atoms with Gasteiger partial charge in [-0.3, -0.25) is 9.89 Å². The van der Waals surface area contributed by atoms with Crippen molar-refractivity contribution in [3.05, 3.63) is 23.9 Å². The maximum Gasteiger partial charge on any atom is 0.573 e. The van der Waals surface area contributed by atoms with E-state index < -0.39 is 6.36 Å². The minimum Gasteiger partial charge on any atom is -0.406 e.